The zero-order chi connectivity index (χ0) is 17.0. The van der Waals surface area contributed by atoms with Gasteiger partial charge in [-0.15, -0.1) is 0 Å². The van der Waals surface area contributed by atoms with Crippen LogP contribution in [0.2, 0.25) is 0 Å². The van der Waals surface area contributed by atoms with Gasteiger partial charge in [-0.3, -0.25) is 9.59 Å². The van der Waals surface area contributed by atoms with Crippen molar-refractivity contribution >= 4 is 23.2 Å². The summed E-state index contributed by atoms with van der Waals surface area (Å²) in [5.41, 5.74) is 3.72. The molecule has 0 aliphatic heterocycles. The lowest BCUT2D eigenvalue weighted by molar-refractivity contribution is -0.114. The number of hydrogen-bond donors (Lipinski definition) is 2. The van der Waals surface area contributed by atoms with Gasteiger partial charge in [-0.2, -0.15) is 0 Å². The van der Waals surface area contributed by atoms with Crippen LogP contribution in [0.3, 0.4) is 0 Å². The van der Waals surface area contributed by atoms with E-state index in [9.17, 15) is 9.59 Å². The maximum atomic E-state index is 12.5. The van der Waals surface area contributed by atoms with E-state index in [1.807, 2.05) is 32.0 Å². The summed E-state index contributed by atoms with van der Waals surface area (Å²) in [5, 5.41) is 5.51. The summed E-state index contributed by atoms with van der Waals surface area (Å²) in [7, 11) is 1.53. The van der Waals surface area contributed by atoms with Gasteiger partial charge in [0.25, 0.3) is 5.91 Å². The molecule has 23 heavy (non-hydrogen) atoms. The summed E-state index contributed by atoms with van der Waals surface area (Å²) < 4.78 is 5.26. The van der Waals surface area contributed by atoms with Crippen molar-refractivity contribution in [2.24, 2.45) is 0 Å². The minimum absolute atomic E-state index is 0.179. The zero-order valence-corrected chi connectivity index (χ0v) is 13.7. The molecule has 2 amide bonds. The SMILES string of the molecule is COc1ccc(NC(C)=O)cc1NC(=O)c1cc(C)cc(C)c1. The molecule has 0 saturated carbocycles. The number of amides is 2. The van der Waals surface area contributed by atoms with Crippen LogP contribution in [0, 0.1) is 13.8 Å². The van der Waals surface area contributed by atoms with E-state index in [0.717, 1.165) is 11.1 Å². The van der Waals surface area contributed by atoms with Crippen LogP contribution < -0.4 is 15.4 Å². The van der Waals surface area contributed by atoms with Gasteiger partial charge in [0.15, 0.2) is 0 Å². The van der Waals surface area contributed by atoms with Crippen molar-refractivity contribution in [3.63, 3.8) is 0 Å². The predicted octanol–water partition coefficient (Wildman–Crippen LogP) is 3.52. The molecule has 5 nitrogen and oxygen atoms in total. The average Bonchev–Trinajstić information content (AvgIpc) is 2.46. The molecular weight excluding hydrogens is 292 g/mol. The Labute approximate surface area is 135 Å². The number of carbonyl (C=O) groups excluding carboxylic acids is 2. The highest BCUT2D eigenvalue weighted by atomic mass is 16.5. The molecule has 0 aliphatic carbocycles. The number of methoxy groups -OCH3 is 1. The summed E-state index contributed by atoms with van der Waals surface area (Å²) in [6.45, 7) is 5.32. The molecule has 0 fully saturated rings. The molecule has 0 aromatic heterocycles. The minimum atomic E-state index is -0.227. The van der Waals surface area contributed by atoms with Crippen LogP contribution in [-0.4, -0.2) is 18.9 Å². The monoisotopic (exact) mass is 312 g/mol. The summed E-state index contributed by atoms with van der Waals surface area (Å²) in [6, 6.07) is 10.7. The van der Waals surface area contributed by atoms with Crippen molar-refractivity contribution in [1.82, 2.24) is 0 Å². The van der Waals surface area contributed by atoms with Crippen LogP contribution in [0.15, 0.2) is 36.4 Å². The van der Waals surface area contributed by atoms with Gasteiger partial charge >= 0.3 is 0 Å². The van der Waals surface area contributed by atoms with E-state index < -0.39 is 0 Å². The topological polar surface area (TPSA) is 67.4 Å². The Morgan fingerprint density at radius 2 is 1.61 bits per heavy atom. The maximum absolute atomic E-state index is 12.5. The third kappa shape index (κ3) is 4.32. The first-order chi connectivity index (χ1) is 10.9. The number of aryl methyl sites for hydroxylation is 2. The Hall–Kier alpha value is -2.82. The van der Waals surface area contributed by atoms with Gasteiger partial charge in [-0.05, 0) is 44.2 Å². The third-order valence-corrected chi connectivity index (χ3v) is 3.25. The molecular formula is C18H20N2O3. The van der Waals surface area contributed by atoms with Crippen LogP contribution in [0.4, 0.5) is 11.4 Å². The minimum Gasteiger partial charge on any atom is -0.495 e. The normalized spacial score (nSPS) is 10.1. The Morgan fingerprint density at radius 1 is 0.957 bits per heavy atom. The van der Waals surface area contributed by atoms with E-state index in [1.54, 1.807) is 18.2 Å². The molecule has 0 heterocycles. The van der Waals surface area contributed by atoms with Crippen LogP contribution in [0.25, 0.3) is 0 Å². The molecule has 2 aromatic rings. The van der Waals surface area contributed by atoms with Gasteiger partial charge < -0.3 is 15.4 Å². The fourth-order valence-corrected chi connectivity index (χ4v) is 2.39. The molecule has 0 radical (unpaired) electrons. The Balaban J connectivity index is 2.30. The molecule has 120 valence electrons. The van der Waals surface area contributed by atoms with Gasteiger partial charge in [0.2, 0.25) is 5.91 Å². The number of hydrogen-bond acceptors (Lipinski definition) is 3. The van der Waals surface area contributed by atoms with Crippen molar-refractivity contribution in [2.45, 2.75) is 20.8 Å². The van der Waals surface area contributed by atoms with E-state index in [2.05, 4.69) is 10.6 Å². The summed E-state index contributed by atoms with van der Waals surface area (Å²) in [6.07, 6.45) is 0. The van der Waals surface area contributed by atoms with Crippen molar-refractivity contribution in [3.8, 4) is 5.75 Å². The molecule has 5 heteroatoms. The van der Waals surface area contributed by atoms with E-state index in [0.29, 0.717) is 22.7 Å². The summed E-state index contributed by atoms with van der Waals surface area (Å²) >= 11 is 0. The molecule has 0 atom stereocenters. The molecule has 0 unspecified atom stereocenters. The summed E-state index contributed by atoms with van der Waals surface area (Å²) in [5.74, 6) is 0.119. The Bertz CT molecular complexity index is 734. The number of carbonyl (C=O) groups is 2. The number of anilines is 2. The standard InChI is InChI=1S/C18H20N2O3/c1-11-7-12(2)9-14(8-11)18(22)20-16-10-15(19-13(3)21)5-6-17(16)23-4/h5-10H,1-4H3,(H,19,21)(H,20,22). The van der Waals surface area contributed by atoms with Crippen LogP contribution in [0.1, 0.15) is 28.4 Å². The number of benzene rings is 2. The molecule has 0 bridgehead atoms. The van der Waals surface area contributed by atoms with E-state index >= 15 is 0 Å². The zero-order valence-electron chi connectivity index (χ0n) is 13.7. The van der Waals surface area contributed by atoms with Gasteiger partial charge in [0, 0.05) is 18.2 Å². The van der Waals surface area contributed by atoms with E-state index in [4.69, 9.17) is 4.74 Å². The van der Waals surface area contributed by atoms with Crippen molar-refractivity contribution in [1.29, 1.82) is 0 Å². The van der Waals surface area contributed by atoms with Crippen molar-refractivity contribution in [2.75, 3.05) is 17.7 Å². The maximum Gasteiger partial charge on any atom is 0.255 e. The van der Waals surface area contributed by atoms with E-state index in [1.165, 1.54) is 14.0 Å². The summed E-state index contributed by atoms with van der Waals surface area (Å²) in [4.78, 5) is 23.6. The van der Waals surface area contributed by atoms with Gasteiger partial charge in [0.05, 0.1) is 12.8 Å². The van der Waals surface area contributed by atoms with E-state index in [-0.39, 0.29) is 11.8 Å². The highest BCUT2D eigenvalue weighted by Crippen LogP contribution is 2.28. The quantitative estimate of drug-likeness (QED) is 0.907. The third-order valence-electron chi connectivity index (χ3n) is 3.25. The highest BCUT2D eigenvalue weighted by molar-refractivity contribution is 6.05. The lowest BCUT2D eigenvalue weighted by atomic mass is 10.1. The number of ether oxygens (including phenoxy) is 1. The van der Waals surface area contributed by atoms with Crippen LogP contribution in [0.5, 0.6) is 5.75 Å². The second kappa shape index (κ2) is 6.96. The highest BCUT2D eigenvalue weighted by Gasteiger charge is 2.12. The molecule has 2 rings (SSSR count). The molecule has 0 saturated heterocycles. The lowest BCUT2D eigenvalue weighted by Gasteiger charge is -2.13. The Morgan fingerprint density at radius 3 is 2.17 bits per heavy atom. The van der Waals surface area contributed by atoms with Crippen LogP contribution >= 0.6 is 0 Å². The van der Waals surface area contributed by atoms with Gasteiger partial charge in [-0.1, -0.05) is 17.2 Å². The molecule has 2 N–H and O–H groups in total. The fraction of sp³-hybridized carbons (Fsp3) is 0.222. The molecule has 0 spiro atoms. The Kier molecular flexibility index (Phi) is 5.01. The lowest BCUT2D eigenvalue weighted by Crippen LogP contribution is -2.14. The second-order valence-corrected chi connectivity index (χ2v) is 5.43. The van der Waals surface area contributed by atoms with Crippen LogP contribution in [-0.2, 0) is 4.79 Å². The molecule has 0 aliphatic rings. The number of rotatable bonds is 4. The van der Waals surface area contributed by atoms with Crippen molar-refractivity contribution in [3.05, 3.63) is 53.1 Å². The smallest absolute Gasteiger partial charge is 0.255 e. The first-order valence-corrected chi connectivity index (χ1v) is 7.24. The largest absolute Gasteiger partial charge is 0.495 e. The average molecular weight is 312 g/mol. The fourth-order valence-electron chi connectivity index (χ4n) is 2.39. The number of nitrogens with one attached hydrogen (secondary N) is 2. The first-order valence-electron chi connectivity index (χ1n) is 7.24. The first kappa shape index (κ1) is 16.5. The predicted molar refractivity (Wildman–Crippen MR) is 91.2 cm³/mol. The van der Waals surface area contributed by atoms with Crippen molar-refractivity contribution < 1.29 is 14.3 Å². The molecule has 2 aromatic carbocycles. The van der Waals surface area contributed by atoms with Gasteiger partial charge in [0.1, 0.15) is 5.75 Å². The second-order valence-electron chi connectivity index (χ2n) is 5.43. The van der Waals surface area contributed by atoms with Gasteiger partial charge in [-0.25, -0.2) is 0 Å².